The van der Waals surface area contributed by atoms with E-state index in [1.165, 1.54) is 4.90 Å². The summed E-state index contributed by atoms with van der Waals surface area (Å²) in [6.45, 7) is 0. The van der Waals surface area contributed by atoms with E-state index in [4.69, 9.17) is 4.42 Å². The van der Waals surface area contributed by atoms with E-state index in [0.29, 0.717) is 22.4 Å². The zero-order chi connectivity index (χ0) is 44.0. The van der Waals surface area contributed by atoms with E-state index >= 15 is 0 Å². The first-order chi connectivity index (χ1) is 31.1. The number of para-hydroxylation sites is 2. The second-order valence-corrected chi connectivity index (χ2v) is 13.9. The van der Waals surface area contributed by atoms with E-state index in [-0.39, 0.29) is 46.7 Å². The SMILES string of the molecule is [2H]c1c([2H])c(N(c2ccccc2-c2ccc3c(ccc4c5ccccc5oc34)c2)c2c([2H])c([2H])c(-c3ccc4ccccc4c3)c([2H])c2[2H])c([2H])c([2H])c1-c1ccc2ccccc2c1. The predicted octanol–water partition coefficient (Wildman–Crippen LogP) is 15.5. The third-order valence-corrected chi connectivity index (χ3v) is 10.6. The molecule has 262 valence electrons. The number of hydrogen-bond acceptors (Lipinski definition) is 2. The molecular weight excluding hydrogens is 679 g/mol. The minimum Gasteiger partial charge on any atom is -0.455 e. The molecule has 0 saturated heterocycles. The van der Waals surface area contributed by atoms with Crippen molar-refractivity contribution in [3.8, 4) is 33.4 Å². The van der Waals surface area contributed by atoms with Crippen LogP contribution in [0.25, 0.3) is 87.6 Å². The van der Waals surface area contributed by atoms with Gasteiger partial charge in [0.15, 0.2) is 0 Å². The molecule has 0 radical (unpaired) electrons. The maximum atomic E-state index is 9.66. The quantitative estimate of drug-likeness (QED) is 0.170. The molecule has 1 heterocycles. The summed E-state index contributed by atoms with van der Waals surface area (Å²) in [5.74, 6) is 0. The van der Waals surface area contributed by atoms with Crippen LogP contribution in [0.15, 0.2) is 217 Å². The lowest BCUT2D eigenvalue weighted by Crippen LogP contribution is -2.11. The fraction of sp³-hybridized carbons (Fsp3) is 0. The molecule has 0 saturated carbocycles. The van der Waals surface area contributed by atoms with Crippen molar-refractivity contribution in [3.63, 3.8) is 0 Å². The zero-order valence-corrected chi connectivity index (χ0v) is 29.9. The Morgan fingerprint density at radius 1 is 0.357 bits per heavy atom. The summed E-state index contributed by atoms with van der Waals surface area (Å²) < 4.78 is 82.8. The van der Waals surface area contributed by atoms with Crippen molar-refractivity contribution in [1.82, 2.24) is 0 Å². The molecule has 10 aromatic carbocycles. The summed E-state index contributed by atoms with van der Waals surface area (Å²) in [7, 11) is 0. The normalized spacial score (nSPS) is 13.6. The Morgan fingerprint density at radius 3 is 1.52 bits per heavy atom. The van der Waals surface area contributed by atoms with Crippen LogP contribution in [0.2, 0.25) is 0 Å². The third-order valence-electron chi connectivity index (χ3n) is 10.6. The molecule has 0 aliphatic heterocycles. The van der Waals surface area contributed by atoms with Gasteiger partial charge in [-0.2, -0.15) is 0 Å². The highest BCUT2D eigenvalue weighted by molar-refractivity contribution is 6.15. The summed E-state index contributed by atoms with van der Waals surface area (Å²) in [5.41, 5.74) is 4.01. The van der Waals surface area contributed by atoms with Crippen LogP contribution in [0.3, 0.4) is 0 Å². The van der Waals surface area contributed by atoms with Crippen LogP contribution < -0.4 is 4.90 Å². The number of furan rings is 1. The van der Waals surface area contributed by atoms with Gasteiger partial charge in [-0.05, 0) is 121 Å². The van der Waals surface area contributed by atoms with Crippen LogP contribution in [-0.4, -0.2) is 0 Å². The number of benzene rings is 10. The molecule has 0 aliphatic carbocycles. The van der Waals surface area contributed by atoms with Crippen LogP contribution in [0.1, 0.15) is 11.0 Å². The molecule has 0 unspecified atom stereocenters. The fourth-order valence-corrected chi connectivity index (χ4v) is 7.76. The van der Waals surface area contributed by atoms with Gasteiger partial charge in [0.25, 0.3) is 0 Å². The standard InChI is InChI=1S/C54H35NO/c1-3-11-40-33-42(19-17-36(40)9-1)38-21-27-46(28-22-38)55(47-29-23-39(24-30-47)43-20-18-37-10-2-4-12-41(37)34-43)52-15-7-5-13-48(52)44-25-31-49-45(35-44)26-32-51-50-14-6-8-16-53(50)56-54(49)51/h1-35H/i21D,22D,23D,24D,27D,28D,29D,30D. The molecule has 0 N–H and O–H groups in total. The van der Waals surface area contributed by atoms with Gasteiger partial charge < -0.3 is 9.32 Å². The fourth-order valence-electron chi connectivity index (χ4n) is 7.76. The van der Waals surface area contributed by atoms with Crippen molar-refractivity contribution >= 4 is 71.3 Å². The topological polar surface area (TPSA) is 16.4 Å². The average molecular weight is 722 g/mol. The van der Waals surface area contributed by atoms with Crippen molar-refractivity contribution in [2.24, 2.45) is 0 Å². The van der Waals surface area contributed by atoms with Gasteiger partial charge in [0, 0.05) is 33.1 Å². The van der Waals surface area contributed by atoms with Gasteiger partial charge in [-0.15, -0.1) is 0 Å². The first-order valence-electron chi connectivity index (χ1n) is 22.5. The van der Waals surface area contributed by atoms with Gasteiger partial charge in [0.05, 0.1) is 16.7 Å². The summed E-state index contributed by atoms with van der Waals surface area (Å²) in [4.78, 5) is 1.39. The van der Waals surface area contributed by atoms with Gasteiger partial charge in [0.2, 0.25) is 0 Å². The molecule has 0 bridgehead atoms. The highest BCUT2D eigenvalue weighted by Gasteiger charge is 2.19. The minimum absolute atomic E-state index is 0.107. The summed E-state index contributed by atoms with van der Waals surface area (Å²) in [5, 5.41) is 7.49. The molecule has 56 heavy (non-hydrogen) atoms. The van der Waals surface area contributed by atoms with Gasteiger partial charge in [-0.25, -0.2) is 0 Å². The molecule has 0 atom stereocenters. The molecule has 0 amide bonds. The first kappa shape index (κ1) is 24.8. The van der Waals surface area contributed by atoms with E-state index in [2.05, 4.69) is 0 Å². The van der Waals surface area contributed by atoms with Crippen molar-refractivity contribution in [2.45, 2.75) is 0 Å². The predicted molar refractivity (Wildman–Crippen MR) is 237 cm³/mol. The molecular formula is C54H35NO. The lowest BCUT2D eigenvalue weighted by molar-refractivity contribution is 0.672. The number of fused-ring (bicyclic) bond motifs is 7. The number of anilines is 3. The average Bonchev–Trinajstić information content (AvgIpc) is 3.71. The second kappa shape index (κ2) is 13.2. The second-order valence-electron chi connectivity index (χ2n) is 13.9. The van der Waals surface area contributed by atoms with E-state index in [1.807, 2.05) is 140 Å². The zero-order valence-electron chi connectivity index (χ0n) is 37.9. The highest BCUT2D eigenvalue weighted by Crippen LogP contribution is 2.43. The van der Waals surface area contributed by atoms with Gasteiger partial charge >= 0.3 is 0 Å². The van der Waals surface area contributed by atoms with Crippen molar-refractivity contribution in [1.29, 1.82) is 0 Å². The molecule has 0 spiro atoms. The number of rotatable bonds is 6. The van der Waals surface area contributed by atoms with Crippen molar-refractivity contribution in [2.75, 3.05) is 4.90 Å². The Morgan fingerprint density at radius 2 is 0.857 bits per heavy atom. The van der Waals surface area contributed by atoms with Gasteiger partial charge in [0.1, 0.15) is 11.2 Å². The smallest absolute Gasteiger partial charge is 0.143 e. The Kier molecular flexibility index (Phi) is 5.83. The lowest BCUT2D eigenvalue weighted by Gasteiger charge is -2.28. The van der Waals surface area contributed by atoms with Crippen LogP contribution in [0, 0.1) is 0 Å². The maximum Gasteiger partial charge on any atom is 0.143 e. The summed E-state index contributed by atoms with van der Waals surface area (Å²) in [6, 6.07) is 48.8. The van der Waals surface area contributed by atoms with Crippen LogP contribution in [0.4, 0.5) is 17.1 Å². The Balaban J connectivity index is 1.16. The Bertz CT molecular complexity index is 3540. The molecule has 1 aromatic heterocycles. The van der Waals surface area contributed by atoms with E-state index in [9.17, 15) is 11.0 Å². The summed E-state index contributed by atoms with van der Waals surface area (Å²) in [6.07, 6.45) is 0. The highest BCUT2D eigenvalue weighted by atomic mass is 16.3. The molecule has 11 aromatic rings. The van der Waals surface area contributed by atoms with Crippen molar-refractivity contribution < 1.29 is 15.4 Å². The number of nitrogens with zero attached hydrogens (tertiary/aromatic N) is 1. The van der Waals surface area contributed by atoms with Crippen LogP contribution in [0.5, 0.6) is 0 Å². The minimum atomic E-state index is -0.403. The molecule has 2 nitrogen and oxygen atoms in total. The third kappa shape index (κ3) is 5.51. The van der Waals surface area contributed by atoms with E-state index in [0.717, 1.165) is 59.8 Å². The van der Waals surface area contributed by atoms with E-state index in [1.54, 1.807) is 24.3 Å². The lowest BCUT2D eigenvalue weighted by atomic mass is 9.97. The molecule has 2 heteroatoms. The maximum absolute atomic E-state index is 9.66. The largest absolute Gasteiger partial charge is 0.455 e. The monoisotopic (exact) mass is 721 g/mol. The summed E-state index contributed by atoms with van der Waals surface area (Å²) >= 11 is 0. The van der Waals surface area contributed by atoms with Crippen LogP contribution >= 0.6 is 0 Å². The number of hydrogen-bond donors (Lipinski definition) is 0. The molecule has 0 aliphatic rings. The first-order valence-corrected chi connectivity index (χ1v) is 18.5. The molecule has 0 fully saturated rings. The van der Waals surface area contributed by atoms with Crippen molar-refractivity contribution in [3.05, 3.63) is 212 Å². The van der Waals surface area contributed by atoms with Gasteiger partial charge in [-0.3, -0.25) is 0 Å². The van der Waals surface area contributed by atoms with E-state index < -0.39 is 24.2 Å². The Labute approximate surface area is 336 Å². The van der Waals surface area contributed by atoms with Gasteiger partial charge in [-0.1, -0.05) is 145 Å². The Hall–Kier alpha value is -7.42. The van der Waals surface area contributed by atoms with Crippen LogP contribution in [-0.2, 0) is 0 Å². The molecule has 11 rings (SSSR count).